The third kappa shape index (κ3) is 1.40. The number of aromatic nitrogens is 2. The Hall–Kier alpha value is -0.150. The van der Waals surface area contributed by atoms with Crippen molar-refractivity contribution in [3.8, 4) is 0 Å². The Bertz CT molecular complexity index is 209. The zero-order chi connectivity index (χ0) is 6.85. The second kappa shape index (κ2) is 2.62. The average molecular weight is 163 g/mol. The molecule has 0 saturated heterocycles. The van der Waals surface area contributed by atoms with Crippen molar-refractivity contribution in [3.05, 3.63) is 11.9 Å². The number of hydrogen-bond acceptors (Lipinski definition) is 2. The number of rotatable bonds is 1. The van der Waals surface area contributed by atoms with E-state index in [-0.39, 0.29) is 0 Å². The minimum Gasteiger partial charge on any atom is -0.274 e. The molecule has 1 aromatic heterocycles. The first-order valence-corrected chi connectivity index (χ1v) is 4.17. The van der Waals surface area contributed by atoms with E-state index in [0.717, 1.165) is 10.6 Å². The molecule has 0 aliphatic carbocycles. The Kier molecular flexibility index (Phi) is 2.03. The fraction of sp³-hybridized carbons (Fsp3) is 0.400. The van der Waals surface area contributed by atoms with Gasteiger partial charge in [-0.05, 0) is 28.6 Å². The van der Waals surface area contributed by atoms with Gasteiger partial charge in [-0.1, -0.05) is 0 Å². The minimum atomic E-state index is 0.984. The molecule has 0 N–H and O–H groups in total. The van der Waals surface area contributed by atoms with Crippen LogP contribution in [0.3, 0.4) is 0 Å². The highest BCUT2D eigenvalue weighted by molar-refractivity contribution is 8.21. The SMILES string of the molecule is Cc1nn(C)cc1SCl. The van der Waals surface area contributed by atoms with Gasteiger partial charge in [0.25, 0.3) is 0 Å². The summed E-state index contributed by atoms with van der Waals surface area (Å²) in [5.74, 6) is 0. The van der Waals surface area contributed by atoms with Crippen molar-refractivity contribution in [2.75, 3.05) is 0 Å². The van der Waals surface area contributed by atoms with Gasteiger partial charge in [-0.25, -0.2) is 0 Å². The van der Waals surface area contributed by atoms with Crippen molar-refractivity contribution in [2.24, 2.45) is 7.05 Å². The van der Waals surface area contributed by atoms with Crippen molar-refractivity contribution < 1.29 is 0 Å². The number of aryl methyl sites for hydroxylation is 2. The van der Waals surface area contributed by atoms with Crippen LogP contribution >= 0.6 is 21.7 Å². The summed E-state index contributed by atoms with van der Waals surface area (Å²) < 4.78 is 1.75. The molecule has 1 rings (SSSR count). The Morgan fingerprint density at radius 2 is 2.44 bits per heavy atom. The molecule has 0 fully saturated rings. The molecule has 0 aromatic carbocycles. The fourth-order valence-corrected chi connectivity index (χ4v) is 1.45. The Labute approximate surface area is 62.7 Å². The van der Waals surface area contributed by atoms with Crippen LogP contribution in [0.25, 0.3) is 0 Å². The molecule has 0 saturated carbocycles. The predicted octanol–water partition coefficient (Wildman–Crippen LogP) is 1.97. The molecule has 50 valence electrons. The highest BCUT2D eigenvalue weighted by Gasteiger charge is 1.99. The van der Waals surface area contributed by atoms with Gasteiger partial charge in [0.1, 0.15) is 0 Å². The number of hydrogen-bond donors (Lipinski definition) is 0. The van der Waals surface area contributed by atoms with Crippen LogP contribution in [0.15, 0.2) is 11.1 Å². The van der Waals surface area contributed by atoms with E-state index in [1.807, 2.05) is 20.2 Å². The van der Waals surface area contributed by atoms with E-state index in [1.54, 1.807) is 4.68 Å². The summed E-state index contributed by atoms with van der Waals surface area (Å²) in [6.07, 6.45) is 1.90. The second-order valence-corrected chi connectivity index (χ2v) is 2.89. The maximum absolute atomic E-state index is 5.51. The molecular weight excluding hydrogens is 156 g/mol. The fourth-order valence-electron chi connectivity index (χ4n) is 0.654. The zero-order valence-corrected chi connectivity index (χ0v) is 6.83. The molecule has 0 aliphatic rings. The van der Waals surface area contributed by atoms with Gasteiger partial charge < -0.3 is 0 Å². The van der Waals surface area contributed by atoms with Crippen molar-refractivity contribution in [1.29, 1.82) is 0 Å². The van der Waals surface area contributed by atoms with Crippen molar-refractivity contribution in [3.63, 3.8) is 0 Å². The lowest BCUT2D eigenvalue weighted by Crippen LogP contribution is -1.86. The van der Waals surface area contributed by atoms with E-state index in [0.29, 0.717) is 0 Å². The van der Waals surface area contributed by atoms with Crippen molar-refractivity contribution >= 4 is 21.7 Å². The summed E-state index contributed by atoms with van der Waals surface area (Å²) in [5, 5.41) is 4.09. The maximum Gasteiger partial charge on any atom is 0.0741 e. The normalized spacial score (nSPS) is 10.1. The van der Waals surface area contributed by atoms with Crippen molar-refractivity contribution in [2.45, 2.75) is 11.8 Å². The van der Waals surface area contributed by atoms with Crippen LogP contribution in [0.5, 0.6) is 0 Å². The standard InChI is InChI=1S/C5H7ClN2S/c1-4-5(9-6)3-8(2)7-4/h3H,1-2H3. The summed E-state index contributed by atoms with van der Waals surface area (Å²) in [5.41, 5.74) is 0.984. The zero-order valence-electron chi connectivity index (χ0n) is 5.26. The van der Waals surface area contributed by atoms with Gasteiger partial charge in [0.15, 0.2) is 0 Å². The van der Waals surface area contributed by atoms with Crippen LogP contribution in [0.1, 0.15) is 5.69 Å². The lowest BCUT2D eigenvalue weighted by atomic mass is 10.5. The van der Waals surface area contributed by atoms with Crippen LogP contribution in [0.4, 0.5) is 0 Å². The Morgan fingerprint density at radius 1 is 1.78 bits per heavy atom. The third-order valence-electron chi connectivity index (χ3n) is 1.05. The van der Waals surface area contributed by atoms with E-state index in [1.165, 1.54) is 11.0 Å². The molecule has 0 atom stereocenters. The van der Waals surface area contributed by atoms with Gasteiger partial charge in [0.2, 0.25) is 0 Å². The largest absolute Gasteiger partial charge is 0.274 e. The summed E-state index contributed by atoms with van der Waals surface area (Å²) >= 11 is 0. The molecule has 0 spiro atoms. The number of nitrogens with zero attached hydrogens (tertiary/aromatic N) is 2. The van der Waals surface area contributed by atoms with Crippen LogP contribution in [0.2, 0.25) is 0 Å². The van der Waals surface area contributed by atoms with E-state index in [2.05, 4.69) is 5.10 Å². The Balaban J connectivity index is 3.01. The molecule has 1 heterocycles. The van der Waals surface area contributed by atoms with Gasteiger partial charge in [0.05, 0.1) is 10.6 Å². The van der Waals surface area contributed by atoms with Gasteiger partial charge in [-0.2, -0.15) is 5.10 Å². The quantitative estimate of drug-likeness (QED) is 0.629. The molecule has 0 amide bonds. The molecule has 0 unspecified atom stereocenters. The summed E-state index contributed by atoms with van der Waals surface area (Å²) in [4.78, 5) is 1.03. The smallest absolute Gasteiger partial charge is 0.0741 e. The van der Waals surface area contributed by atoms with Gasteiger partial charge in [0, 0.05) is 13.2 Å². The van der Waals surface area contributed by atoms with Gasteiger partial charge in [-0.3, -0.25) is 4.68 Å². The molecular formula is C5H7ClN2S. The van der Waals surface area contributed by atoms with Crippen LogP contribution in [-0.4, -0.2) is 9.78 Å². The summed E-state index contributed by atoms with van der Waals surface area (Å²) in [6.45, 7) is 1.94. The second-order valence-electron chi connectivity index (χ2n) is 1.83. The van der Waals surface area contributed by atoms with Gasteiger partial charge in [-0.15, -0.1) is 0 Å². The van der Waals surface area contributed by atoms with Gasteiger partial charge >= 0.3 is 0 Å². The minimum absolute atomic E-state index is 0.984. The lowest BCUT2D eigenvalue weighted by Gasteiger charge is -1.82. The Morgan fingerprint density at radius 3 is 2.67 bits per heavy atom. The molecule has 0 bridgehead atoms. The number of halogens is 1. The average Bonchev–Trinajstić information content (AvgIpc) is 2.10. The van der Waals surface area contributed by atoms with E-state index in [4.69, 9.17) is 10.7 Å². The highest BCUT2D eigenvalue weighted by atomic mass is 35.7. The first-order valence-electron chi connectivity index (χ1n) is 2.53. The van der Waals surface area contributed by atoms with Crippen LogP contribution in [0, 0.1) is 6.92 Å². The van der Waals surface area contributed by atoms with E-state index >= 15 is 0 Å². The van der Waals surface area contributed by atoms with Crippen LogP contribution in [-0.2, 0) is 7.05 Å². The first-order chi connectivity index (χ1) is 4.24. The molecule has 9 heavy (non-hydrogen) atoms. The van der Waals surface area contributed by atoms with Crippen LogP contribution < -0.4 is 0 Å². The topological polar surface area (TPSA) is 17.8 Å². The van der Waals surface area contributed by atoms with E-state index in [9.17, 15) is 0 Å². The van der Waals surface area contributed by atoms with E-state index < -0.39 is 0 Å². The van der Waals surface area contributed by atoms with Crippen molar-refractivity contribution in [1.82, 2.24) is 9.78 Å². The third-order valence-corrected chi connectivity index (χ3v) is 2.12. The summed E-state index contributed by atoms with van der Waals surface area (Å²) in [7, 11) is 8.59. The molecule has 1 aromatic rings. The lowest BCUT2D eigenvalue weighted by molar-refractivity contribution is 0.756. The monoisotopic (exact) mass is 162 g/mol. The predicted molar refractivity (Wildman–Crippen MR) is 39.7 cm³/mol. The molecule has 2 nitrogen and oxygen atoms in total. The summed E-state index contributed by atoms with van der Waals surface area (Å²) in [6, 6.07) is 0. The molecule has 4 heteroatoms. The molecule has 0 radical (unpaired) electrons. The highest BCUT2D eigenvalue weighted by Crippen LogP contribution is 2.23. The maximum atomic E-state index is 5.51. The first kappa shape index (κ1) is 6.96. The molecule has 0 aliphatic heterocycles.